The van der Waals surface area contributed by atoms with Gasteiger partial charge in [-0.2, -0.15) is 5.10 Å². The van der Waals surface area contributed by atoms with Crippen molar-refractivity contribution in [1.29, 1.82) is 0 Å². The summed E-state index contributed by atoms with van der Waals surface area (Å²) in [6.45, 7) is 0.527. The zero-order valence-corrected chi connectivity index (χ0v) is 10.6. The second kappa shape index (κ2) is 4.40. The molecular weight excluding hydrogens is 242 g/mol. The number of rotatable bonds is 3. The highest BCUT2D eigenvalue weighted by Gasteiger charge is 2.11. The Hall–Kier alpha value is -2.34. The van der Waals surface area contributed by atoms with E-state index in [1.807, 2.05) is 42.2 Å². The van der Waals surface area contributed by atoms with Gasteiger partial charge in [0.25, 0.3) is 0 Å². The molecule has 0 atom stereocenters. The number of aliphatic hydroxyl groups excluding tert-OH is 1. The second-order valence-corrected chi connectivity index (χ2v) is 4.54. The number of nitrogen functional groups attached to an aromatic ring is 1. The Bertz CT molecular complexity index is 728. The van der Waals surface area contributed by atoms with Gasteiger partial charge in [0.2, 0.25) is 0 Å². The molecule has 0 radical (unpaired) electrons. The third-order valence-electron chi connectivity index (χ3n) is 3.09. The van der Waals surface area contributed by atoms with Crippen LogP contribution in [0.4, 0.5) is 5.69 Å². The van der Waals surface area contributed by atoms with E-state index in [-0.39, 0.29) is 6.61 Å². The molecule has 0 unspecified atom stereocenters. The van der Waals surface area contributed by atoms with Crippen molar-refractivity contribution in [3.05, 3.63) is 42.0 Å². The topological polar surface area (TPSA) is 81.9 Å². The van der Waals surface area contributed by atoms with Crippen molar-refractivity contribution < 1.29 is 5.11 Å². The van der Waals surface area contributed by atoms with Gasteiger partial charge in [-0.25, -0.2) is 4.98 Å². The van der Waals surface area contributed by atoms with Crippen LogP contribution in [-0.2, 0) is 20.2 Å². The van der Waals surface area contributed by atoms with Gasteiger partial charge in [-0.1, -0.05) is 0 Å². The fourth-order valence-corrected chi connectivity index (χ4v) is 2.23. The van der Waals surface area contributed by atoms with Crippen LogP contribution in [-0.4, -0.2) is 24.4 Å². The first-order valence-electron chi connectivity index (χ1n) is 6.00. The largest absolute Gasteiger partial charge is 0.399 e. The minimum absolute atomic E-state index is 0.102. The van der Waals surface area contributed by atoms with E-state index in [2.05, 4.69) is 10.1 Å². The summed E-state index contributed by atoms with van der Waals surface area (Å²) in [7, 11) is 1.88. The molecule has 3 rings (SSSR count). The third-order valence-corrected chi connectivity index (χ3v) is 3.09. The number of aromatic nitrogens is 4. The van der Waals surface area contributed by atoms with Gasteiger partial charge in [0.05, 0.1) is 23.8 Å². The number of aryl methyl sites for hydroxylation is 1. The molecule has 1 aromatic carbocycles. The minimum atomic E-state index is -0.102. The molecule has 6 nitrogen and oxygen atoms in total. The predicted octanol–water partition coefficient (Wildman–Crippen LogP) is 0.893. The molecule has 0 saturated carbocycles. The Morgan fingerprint density at radius 1 is 1.37 bits per heavy atom. The number of imidazole rings is 1. The minimum Gasteiger partial charge on any atom is -0.399 e. The Kier molecular flexibility index (Phi) is 2.72. The smallest absolute Gasteiger partial charge is 0.136 e. The van der Waals surface area contributed by atoms with Crippen LogP contribution in [0.15, 0.2) is 30.6 Å². The quantitative estimate of drug-likeness (QED) is 0.683. The van der Waals surface area contributed by atoms with Gasteiger partial charge in [0, 0.05) is 24.5 Å². The lowest BCUT2D eigenvalue weighted by molar-refractivity contribution is 0.267. The number of nitrogens with zero attached hydrogens (tertiary/aromatic N) is 4. The fraction of sp³-hybridized carbons (Fsp3) is 0.231. The summed E-state index contributed by atoms with van der Waals surface area (Å²) < 4.78 is 3.73. The first kappa shape index (κ1) is 11.7. The number of anilines is 1. The van der Waals surface area contributed by atoms with E-state index >= 15 is 0 Å². The molecule has 98 valence electrons. The summed E-state index contributed by atoms with van der Waals surface area (Å²) >= 11 is 0. The van der Waals surface area contributed by atoms with Gasteiger partial charge in [0.1, 0.15) is 12.4 Å². The lowest BCUT2D eigenvalue weighted by Crippen LogP contribution is -2.04. The molecule has 2 aromatic heterocycles. The Morgan fingerprint density at radius 2 is 2.21 bits per heavy atom. The van der Waals surface area contributed by atoms with Gasteiger partial charge in [-0.3, -0.25) is 4.68 Å². The van der Waals surface area contributed by atoms with Crippen LogP contribution in [0.5, 0.6) is 0 Å². The fourth-order valence-electron chi connectivity index (χ4n) is 2.23. The average Bonchev–Trinajstić information content (AvgIpc) is 2.94. The molecule has 3 aromatic rings. The van der Waals surface area contributed by atoms with Crippen LogP contribution in [0.2, 0.25) is 0 Å². The van der Waals surface area contributed by atoms with E-state index in [0.717, 1.165) is 16.6 Å². The number of fused-ring (bicyclic) bond motifs is 1. The normalized spacial score (nSPS) is 11.3. The maximum atomic E-state index is 9.44. The van der Waals surface area contributed by atoms with E-state index in [1.54, 1.807) is 4.68 Å². The Morgan fingerprint density at radius 3 is 2.89 bits per heavy atom. The molecule has 0 fully saturated rings. The van der Waals surface area contributed by atoms with Crippen molar-refractivity contribution in [2.45, 2.75) is 13.2 Å². The van der Waals surface area contributed by atoms with Crippen LogP contribution in [0.3, 0.4) is 0 Å². The SMILES string of the molecule is Cn1cc(Cn2c(CO)nc3cc(N)ccc32)cn1. The third kappa shape index (κ3) is 2.06. The summed E-state index contributed by atoms with van der Waals surface area (Å²) in [4.78, 5) is 4.40. The molecule has 0 aliphatic heterocycles. The maximum absolute atomic E-state index is 9.44. The molecule has 0 amide bonds. The Balaban J connectivity index is 2.10. The summed E-state index contributed by atoms with van der Waals surface area (Å²) in [5.41, 5.74) is 9.25. The first-order valence-corrected chi connectivity index (χ1v) is 6.00. The van der Waals surface area contributed by atoms with Crippen molar-refractivity contribution >= 4 is 16.7 Å². The van der Waals surface area contributed by atoms with Crippen LogP contribution in [0.1, 0.15) is 11.4 Å². The monoisotopic (exact) mass is 257 g/mol. The average molecular weight is 257 g/mol. The molecule has 0 aliphatic carbocycles. The summed E-state index contributed by atoms with van der Waals surface area (Å²) in [5.74, 6) is 0.629. The van der Waals surface area contributed by atoms with E-state index in [4.69, 9.17) is 5.73 Å². The van der Waals surface area contributed by atoms with Crippen molar-refractivity contribution in [3.63, 3.8) is 0 Å². The highest BCUT2D eigenvalue weighted by atomic mass is 16.3. The van der Waals surface area contributed by atoms with Crippen molar-refractivity contribution in [1.82, 2.24) is 19.3 Å². The molecular formula is C13H15N5O. The number of hydrogen-bond donors (Lipinski definition) is 2. The van der Waals surface area contributed by atoms with E-state index < -0.39 is 0 Å². The molecule has 6 heteroatoms. The molecule has 0 bridgehead atoms. The summed E-state index contributed by atoms with van der Waals surface area (Å²) in [6, 6.07) is 5.58. The van der Waals surface area contributed by atoms with Crippen LogP contribution < -0.4 is 5.73 Å². The van der Waals surface area contributed by atoms with Crippen LogP contribution in [0.25, 0.3) is 11.0 Å². The van der Waals surface area contributed by atoms with Gasteiger partial charge in [-0.15, -0.1) is 0 Å². The number of hydrogen-bond acceptors (Lipinski definition) is 4. The van der Waals surface area contributed by atoms with E-state index in [0.29, 0.717) is 18.1 Å². The van der Waals surface area contributed by atoms with Crippen molar-refractivity contribution in [2.24, 2.45) is 7.05 Å². The molecule has 0 spiro atoms. The standard InChI is InChI=1S/C13H15N5O/c1-17-6-9(5-15-17)7-18-12-3-2-10(14)4-11(12)16-13(18)8-19/h2-6,19H,7-8,14H2,1H3. The van der Waals surface area contributed by atoms with Gasteiger partial charge in [-0.05, 0) is 18.2 Å². The van der Waals surface area contributed by atoms with Gasteiger partial charge in [0.15, 0.2) is 0 Å². The highest BCUT2D eigenvalue weighted by molar-refractivity contribution is 5.79. The molecule has 0 saturated heterocycles. The van der Waals surface area contributed by atoms with Crippen LogP contribution in [0, 0.1) is 0 Å². The lowest BCUT2D eigenvalue weighted by atomic mass is 10.2. The number of benzene rings is 1. The summed E-state index contributed by atoms with van der Waals surface area (Å²) in [5, 5.41) is 13.6. The zero-order chi connectivity index (χ0) is 13.4. The maximum Gasteiger partial charge on any atom is 0.136 e. The Labute approximate surface area is 110 Å². The van der Waals surface area contributed by atoms with Gasteiger partial charge >= 0.3 is 0 Å². The molecule has 3 N–H and O–H groups in total. The zero-order valence-electron chi connectivity index (χ0n) is 10.6. The lowest BCUT2D eigenvalue weighted by Gasteiger charge is -2.06. The van der Waals surface area contributed by atoms with Crippen molar-refractivity contribution in [2.75, 3.05) is 5.73 Å². The van der Waals surface area contributed by atoms with Crippen LogP contribution >= 0.6 is 0 Å². The molecule has 2 heterocycles. The number of aliphatic hydroxyl groups is 1. The highest BCUT2D eigenvalue weighted by Crippen LogP contribution is 2.20. The summed E-state index contributed by atoms with van der Waals surface area (Å²) in [6.07, 6.45) is 3.76. The molecule has 0 aliphatic rings. The first-order chi connectivity index (χ1) is 9.17. The van der Waals surface area contributed by atoms with E-state index in [9.17, 15) is 5.11 Å². The number of nitrogens with two attached hydrogens (primary N) is 1. The molecule has 19 heavy (non-hydrogen) atoms. The van der Waals surface area contributed by atoms with Gasteiger partial charge < -0.3 is 15.4 Å². The van der Waals surface area contributed by atoms with E-state index in [1.165, 1.54) is 0 Å². The second-order valence-electron chi connectivity index (χ2n) is 4.54. The van der Waals surface area contributed by atoms with Crippen molar-refractivity contribution in [3.8, 4) is 0 Å². The predicted molar refractivity (Wildman–Crippen MR) is 72.4 cm³/mol.